The van der Waals surface area contributed by atoms with Gasteiger partial charge in [-0.15, -0.1) is 0 Å². The zero-order valence-electron chi connectivity index (χ0n) is 16.4. The molecule has 7 nitrogen and oxygen atoms in total. The molecular formula is C21H25N7. The molecule has 3 heterocycles. The Balaban J connectivity index is 1.36. The van der Waals surface area contributed by atoms with Crippen molar-refractivity contribution in [2.75, 3.05) is 55.0 Å². The maximum Gasteiger partial charge on any atom is 0.150 e. The first kappa shape index (κ1) is 17.2. The van der Waals surface area contributed by atoms with Gasteiger partial charge >= 0.3 is 0 Å². The third kappa shape index (κ3) is 3.10. The predicted molar refractivity (Wildman–Crippen MR) is 112 cm³/mol. The van der Waals surface area contributed by atoms with Gasteiger partial charge in [-0.25, -0.2) is 15.0 Å². The van der Waals surface area contributed by atoms with Crippen LogP contribution in [0, 0.1) is 0 Å². The van der Waals surface area contributed by atoms with Gasteiger partial charge in [0.15, 0.2) is 5.82 Å². The van der Waals surface area contributed by atoms with Gasteiger partial charge in [-0.3, -0.25) is 4.98 Å². The Morgan fingerprint density at radius 2 is 1.64 bits per heavy atom. The van der Waals surface area contributed by atoms with Crippen LogP contribution >= 0.6 is 0 Å². The summed E-state index contributed by atoms with van der Waals surface area (Å²) in [7, 11) is 4.04. The van der Waals surface area contributed by atoms with Crippen LogP contribution in [0.4, 0.5) is 17.3 Å². The van der Waals surface area contributed by atoms with Gasteiger partial charge in [0.25, 0.3) is 0 Å². The number of nitrogens with zero attached hydrogens (tertiary/aromatic N) is 7. The molecule has 2 fully saturated rings. The predicted octanol–water partition coefficient (Wildman–Crippen LogP) is 2.69. The van der Waals surface area contributed by atoms with Crippen LogP contribution < -0.4 is 14.7 Å². The molecule has 2 aliphatic rings. The molecule has 144 valence electrons. The van der Waals surface area contributed by atoms with E-state index in [9.17, 15) is 0 Å². The number of aromatic nitrogens is 4. The van der Waals surface area contributed by atoms with Crippen LogP contribution in [-0.4, -0.2) is 60.2 Å². The van der Waals surface area contributed by atoms with Gasteiger partial charge in [0.1, 0.15) is 12.1 Å². The van der Waals surface area contributed by atoms with E-state index in [0.29, 0.717) is 5.92 Å². The number of anilines is 3. The fourth-order valence-electron chi connectivity index (χ4n) is 3.99. The number of hydrogen-bond donors (Lipinski definition) is 0. The molecule has 0 unspecified atom stereocenters. The maximum absolute atomic E-state index is 4.66. The van der Waals surface area contributed by atoms with Crippen LogP contribution in [0.2, 0.25) is 0 Å². The molecule has 1 saturated carbocycles. The largest absolute Gasteiger partial charge is 0.368 e. The van der Waals surface area contributed by atoms with Crippen molar-refractivity contribution >= 4 is 28.2 Å². The summed E-state index contributed by atoms with van der Waals surface area (Å²) in [4.78, 5) is 25.0. The number of benzene rings is 1. The molecule has 2 aromatic heterocycles. The van der Waals surface area contributed by atoms with Gasteiger partial charge in [-0.2, -0.15) is 0 Å². The highest BCUT2D eigenvalue weighted by Crippen LogP contribution is 2.42. The van der Waals surface area contributed by atoms with Crippen molar-refractivity contribution in [1.29, 1.82) is 0 Å². The van der Waals surface area contributed by atoms with Crippen LogP contribution in [0.3, 0.4) is 0 Å². The fraction of sp³-hybridized carbons (Fsp3) is 0.429. The lowest BCUT2D eigenvalue weighted by Crippen LogP contribution is -2.47. The Morgan fingerprint density at radius 1 is 0.893 bits per heavy atom. The van der Waals surface area contributed by atoms with Crippen molar-refractivity contribution in [3.63, 3.8) is 0 Å². The molecule has 5 rings (SSSR count). The van der Waals surface area contributed by atoms with E-state index in [-0.39, 0.29) is 0 Å². The third-order valence-corrected chi connectivity index (χ3v) is 5.64. The fourth-order valence-corrected chi connectivity index (χ4v) is 3.99. The minimum absolute atomic E-state index is 0.617. The van der Waals surface area contributed by atoms with Crippen LogP contribution in [0.1, 0.15) is 24.5 Å². The number of fused-ring (bicyclic) bond motifs is 1. The minimum atomic E-state index is 0.617. The van der Waals surface area contributed by atoms with Crippen LogP contribution in [0.25, 0.3) is 10.9 Å². The SMILES string of the molecule is CN(C)c1ncnc2ccc(N3CCN(c4nccnc4C4CC4)CC3)cc12. The summed E-state index contributed by atoms with van der Waals surface area (Å²) in [6, 6.07) is 6.49. The van der Waals surface area contributed by atoms with Gasteiger partial charge in [0.2, 0.25) is 0 Å². The normalized spacial score (nSPS) is 17.2. The number of rotatable bonds is 4. The Labute approximate surface area is 165 Å². The first-order chi connectivity index (χ1) is 13.7. The lowest BCUT2D eigenvalue weighted by molar-refractivity contribution is 0.642. The molecule has 0 atom stereocenters. The molecule has 0 amide bonds. The number of piperazine rings is 1. The van der Waals surface area contributed by atoms with Crippen LogP contribution in [0.15, 0.2) is 36.9 Å². The Hall–Kier alpha value is -2.96. The van der Waals surface area contributed by atoms with E-state index in [0.717, 1.165) is 48.7 Å². The highest BCUT2D eigenvalue weighted by atomic mass is 15.3. The quantitative estimate of drug-likeness (QED) is 0.695. The smallest absolute Gasteiger partial charge is 0.150 e. The van der Waals surface area contributed by atoms with E-state index in [1.54, 1.807) is 6.33 Å². The monoisotopic (exact) mass is 375 g/mol. The highest BCUT2D eigenvalue weighted by Gasteiger charge is 2.31. The van der Waals surface area contributed by atoms with E-state index < -0.39 is 0 Å². The molecule has 3 aromatic rings. The van der Waals surface area contributed by atoms with E-state index in [4.69, 9.17) is 0 Å². The van der Waals surface area contributed by atoms with Crippen LogP contribution in [-0.2, 0) is 0 Å². The Kier molecular flexibility index (Phi) is 4.22. The summed E-state index contributed by atoms with van der Waals surface area (Å²) in [5.41, 5.74) is 3.40. The summed E-state index contributed by atoms with van der Waals surface area (Å²) in [6.07, 6.45) is 7.78. The van der Waals surface area contributed by atoms with Crippen molar-refractivity contribution in [2.45, 2.75) is 18.8 Å². The average Bonchev–Trinajstić information content (AvgIpc) is 3.58. The summed E-state index contributed by atoms with van der Waals surface area (Å²) in [5, 5.41) is 1.09. The minimum Gasteiger partial charge on any atom is -0.368 e. The lowest BCUT2D eigenvalue weighted by Gasteiger charge is -2.37. The molecular weight excluding hydrogens is 350 g/mol. The summed E-state index contributed by atoms with van der Waals surface area (Å²) in [5.74, 6) is 2.66. The van der Waals surface area contributed by atoms with Gasteiger partial charge in [-0.1, -0.05) is 0 Å². The van der Waals surface area contributed by atoms with E-state index in [1.165, 1.54) is 24.2 Å². The molecule has 1 aliphatic carbocycles. The Morgan fingerprint density at radius 3 is 2.39 bits per heavy atom. The summed E-state index contributed by atoms with van der Waals surface area (Å²) in [6.45, 7) is 3.86. The van der Waals surface area contributed by atoms with Gasteiger partial charge in [0.05, 0.1) is 11.2 Å². The third-order valence-electron chi connectivity index (χ3n) is 5.64. The van der Waals surface area contributed by atoms with Gasteiger partial charge in [0, 0.05) is 69.7 Å². The standard InChI is InChI=1S/C21H25N7/c1-26(2)20-17-13-16(5-6-18(17)24-14-25-20)27-9-11-28(12-10-27)21-19(15-3-4-15)22-7-8-23-21/h5-8,13-15H,3-4,9-12H2,1-2H3. The second-order valence-electron chi connectivity index (χ2n) is 7.81. The second-order valence-corrected chi connectivity index (χ2v) is 7.81. The first-order valence-corrected chi connectivity index (χ1v) is 9.93. The van der Waals surface area contributed by atoms with Crippen molar-refractivity contribution in [3.8, 4) is 0 Å². The van der Waals surface area contributed by atoms with Gasteiger partial charge in [-0.05, 0) is 31.0 Å². The van der Waals surface area contributed by atoms with Gasteiger partial charge < -0.3 is 14.7 Å². The highest BCUT2D eigenvalue weighted by molar-refractivity contribution is 5.91. The topological polar surface area (TPSA) is 61.3 Å². The molecule has 0 radical (unpaired) electrons. The molecule has 1 aliphatic heterocycles. The average molecular weight is 375 g/mol. The molecule has 28 heavy (non-hydrogen) atoms. The lowest BCUT2D eigenvalue weighted by atomic mass is 10.1. The number of hydrogen-bond acceptors (Lipinski definition) is 7. The maximum atomic E-state index is 4.66. The zero-order chi connectivity index (χ0) is 19.1. The van der Waals surface area contributed by atoms with Crippen molar-refractivity contribution in [1.82, 2.24) is 19.9 Å². The zero-order valence-corrected chi connectivity index (χ0v) is 16.4. The molecule has 0 bridgehead atoms. The molecule has 0 N–H and O–H groups in total. The van der Waals surface area contributed by atoms with Crippen molar-refractivity contribution in [3.05, 3.63) is 42.6 Å². The van der Waals surface area contributed by atoms with E-state index in [1.807, 2.05) is 31.4 Å². The van der Waals surface area contributed by atoms with Crippen molar-refractivity contribution in [2.24, 2.45) is 0 Å². The van der Waals surface area contributed by atoms with Crippen molar-refractivity contribution < 1.29 is 0 Å². The molecule has 1 aromatic carbocycles. The molecule has 7 heteroatoms. The van der Waals surface area contributed by atoms with E-state index in [2.05, 4.69) is 47.9 Å². The first-order valence-electron chi connectivity index (χ1n) is 9.93. The Bertz CT molecular complexity index is 991. The molecule has 1 saturated heterocycles. The second kappa shape index (κ2) is 6.89. The summed E-state index contributed by atoms with van der Waals surface area (Å²) >= 11 is 0. The molecule has 0 spiro atoms. The van der Waals surface area contributed by atoms with Crippen LogP contribution in [0.5, 0.6) is 0 Å². The summed E-state index contributed by atoms with van der Waals surface area (Å²) < 4.78 is 0. The van der Waals surface area contributed by atoms with E-state index >= 15 is 0 Å².